The monoisotopic (exact) mass is 291 g/mol. The van der Waals surface area contributed by atoms with Crippen molar-refractivity contribution in [3.8, 4) is 0 Å². The van der Waals surface area contributed by atoms with E-state index in [1.165, 1.54) is 17.3 Å². The average Bonchev–Trinajstić information content (AvgIpc) is 2.72. The minimum atomic E-state index is -0.598. The number of hydrogen-bond donors (Lipinski definition) is 1. The summed E-state index contributed by atoms with van der Waals surface area (Å²) < 4.78 is 0. The van der Waals surface area contributed by atoms with Crippen LogP contribution in [0.4, 0.5) is 5.69 Å². The van der Waals surface area contributed by atoms with E-state index in [2.05, 4.69) is 49.1 Å². The van der Waals surface area contributed by atoms with E-state index in [4.69, 9.17) is 0 Å². The Balaban J connectivity index is 2.29. The number of hydrogen-bond acceptors (Lipinski definition) is 4. The summed E-state index contributed by atoms with van der Waals surface area (Å²) in [6.07, 6.45) is 1.23. The molecule has 1 aromatic rings. The zero-order chi connectivity index (χ0) is 14.7. The lowest BCUT2D eigenvalue weighted by Gasteiger charge is -2.16. The first-order valence-corrected chi connectivity index (χ1v) is 7.76. The molecule has 0 radical (unpaired) electrons. The van der Waals surface area contributed by atoms with Crippen LogP contribution in [0.1, 0.15) is 25.0 Å². The largest absolute Gasteiger partial charge is 0.371 e. The molecule has 1 aliphatic rings. The van der Waals surface area contributed by atoms with E-state index < -0.39 is 6.23 Å². The maximum Gasteiger partial charge on any atom is 0.187 e. The SMILES string of the molecule is Cc1ccc(C)c(/N=C2\SCC(O)N2/N=C/C(C)C)c1. The van der Waals surface area contributed by atoms with Gasteiger partial charge in [-0.15, -0.1) is 0 Å². The first kappa shape index (κ1) is 15.1. The third-order valence-electron chi connectivity index (χ3n) is 2.91. The number of hydrazone groups is 1. The molecule has 5 heteroatoms. The maximum atomic E-state index is 9.98. The van der Waals surface area contributed by atoms with E-state index >= 15 is 0 Å². The van der Waals surface area contributed by atoms with E-state index in [-0.39, 0.29) is 0 Å². The quantitative estimate of drug-likeness (QED) is 0.869. The molecule has 1 atom stereocenters. The van der Waals surface area contributed by atoms with Gasteiger partial charge in [0.05, 0.1) is 5.69 Å². The van der Waals surface area contributed by atoms with Gasteiger partial charge in [-0.3, -0.25) is 0 Å². The Morgan fingerprint density at radius 3 is 2.85 bits per heavy atom. The van der Waals surface area contributed by atoms with E-state index in [0.717, 1.165) is 16.4 Å². The summed E-state index contributed by atoms with van der Waals surface area (Å²) in [5, 5.41) is 16.7. The summed E-state index contributed by atoms with van der Waals surface area (Å²) in [5.41, 5.74) is 3.24. The summed E-state index contributed by atoms with van der Waals surface area (Å²) in [4.78, 5) is 4.66. The zero-order valence-corrected chi connectivity index (χ0v) is 13.2. The molecule has 4 nitrogen and oxygen atoms in total. The number of benzene rings is 1. The summed E-state index contributed by atoms with van der Waals surface area (Å²) in [7, 11) is 0. The molecule has 0 bridgehead atoms. The van der Waals surface area contributed by atoms with Crippen molar-refractivity contribution in [3.05, 3.63) is 29.3 Å². The van der Waals surface area contributed by atoms with Gasteiger partial charge in [-0.25, -0.2) is 10.0 Å². The molecule has 1 aromatic carbocycles. The molecule has 20 heavy (non-hydrogen) atoms. The third kappa shape index (κ3) is 3.61. The van der Waals surface area contributed by atoms with Gasteiger partial charge in [-0.1, -0.05) is 37.7 Å². The van der Waals surface area contributed by atoms with Crippen molar-refractivity contribution in [2.75, 3.05) is 5.75 Å². The molecule has 0 aliphatic carbocycles. The molecule has 0 amide bonds. The van der Waals surface area contributed by atoms with Crippen LogP contribution in [-0.2, 0) is 0 Å². The van der Waals surface area contributed by atoms with Gasteiger partial charge in [0.15, 0.2) is 11.4 Å². The predicted octanol–water partition coefficient (Wildman–Crippen LogP) is 3.30. The van der Waals surface area contributed by atoms with Crippen LogP contribution < -0.4 is 0 Å². The first-order valence-electron chi connectivity index (χ1n) is 6.77. The third-order valence-corrected chi connectivity index (χ3v) is 3.91. The number of aliphatic hydroxyl groups is 1. The highest BCUT2D eigenvalue weighted by Gasteiger charge is 2.28. The van der Waals surface area contributed by atoms with Crippen LogP contribution in [0, 0.1) is 19.8 Å². The molecule has 0 spiro atoms. The standard InChI is InChI=1S/C15H21N3OS/c1-10(2)8-16-18-14(19)9-20-15(18)17-13-7-11(3)5-6-12(13)4/h5-8,10,14,19H,9H2,1-4H3/b16-8+,17-15-. The van der Waals surface area contributed by atoms with Crippen molar-refractivity contribution in [3.63, 3.8) is 0 Å². The van der Waals surface area contributed by atoms with E-state index in [1.807, 2.05) is 13.1 Å². The van der Waals surface area contributed by atoms with Crippen LogP contribution in [0.5, 0.6) is 0 Å². The lowest BCUT2D eigenvalue weighted by molar-refractivity contribution is 0.0850. The maximum absolute atomic E-state index is 9.98. The molecule has 108 valence electrons. The minimum Gasteiger partial charge on any atom is -0.371 e. The van der Waals surface area contributed by atoms with Crippen molar-refractivity contribution >= 4 is 28.8 Å². The van der Waals surface area contributed by atoms with E-state index in [0.29, 0.717) is 11.7 Å². The van der Waals surface area contributed by atoms with Crippen molar-refractivity contribution in [1.82, 2.24) is 5.01 Å². The molecule has 1 fully saturated rings. The first-order chi connectivity index (χ1) is 9.47. The molecule has 2 rings (SSSR count). The van der Waals surface area contributed by atoms with E-state index in [9.17, 15) is 5.11 Å². The van der Waals surface area contributed by atoms with Crippen LogP contribution >= 0.6 is 11.8 Å². The van der Waals surface area contributed by atoms with Gasteiger partial charge >= 0.3 is 0 Å². The fourth-order valence-electron chi connectivity index (χ4n) is 1.77. The molecule has 1 N–H and O–H groups in total. The van der Waals surface area contributed by atoms with Crippen molar-refractivity contribution in [1.29, 1.82) is 0 Å². The molecular weight excluding hydrogens is 270 g/mol. The van der Waals surface area contributed by atoms with Crippen LogP contribution in [0.25, 0.3) is 0 Å². The van der Waals surface area contributed by atoms with Crippen LogP contribution in [-0.4, -0.2) is 33.5 Å². The average molecular weight is 291 g/mol. The fraction of sp³-hybridized carbons (Fsp3) is 0.467. The second-order valence-electron chi connectivity index (χ2n) is 5.33. The second kappa shape index (κ2) is 6.41. The Labute approximate surface area is 124 Å². The van der Waals surface area contributed by atoms with Crippen LogP contribution in [0.3, 0.4) is 0 Å². The van der Waals surface area contributed by atoms with Crippen molar-refractivity contribution in [2.24, 2.45) is 16.0 Å². The molecule has 1 aliphatic heterocycles. The number of amidine groups is 1. The molecule has 1 saturated heterocycles. The Kier molecular flexibility index (Phi) is 4.83. The molecule has 1 unspecified atom stereocenters. The Bertz CT molecular complexity index is 540. The predicted molar refractivity (Wildman–Crippen MR) is 86.6 cm³/mol. The van der Waals surface area contributed by atoms with Gasteiger partial charge in [0.2, 0.25) is 0 Å². The smallest absolute Gasteiger partial charge is 0.187 e. The second-order valence-corrected chi connectivity index (χ2v) is 6.32. The number of aliphatic hydroxyl groups excluding tert-OH is 1. The number of thioether (sulfide) groups is 1. The summed E-state index contributed by atoms with van der Waals surface area (Å²) in [5.74, 6) is 0.939. The Hall–Kier alpha value is -1.33. The lowest BCUT2D eigenvalue weighted by atomic mass is 10.1. The summed E-state index contributed by atoms with van der Waals surface area (Å²) in [6, 6.07) is 6.19. The Morgan fingerprint density at radius 1 is 1.40 bits per heavy atom. The number of aliphatic imine (C=N–C) groups is 1. The van der Waals surface area contributed by atoms with E-state index in [1.54, 1.807) is 5.01 Å². The Morgan fingerprint density at radius 2 is 2.15 bits per heavy atom. The number of rotatable bonds is 3. The van der Waals surface area contributed by atoms with Gasteiger partial charge in [-0.05, 0) is 37.0 Å². The van der Waals surface area contributed by atoms with Gasteiger partial charge in [0, 0.05) is 12.0 Å². The topological polar surface area (TPSA) is 48.2 Å². The minimum absolute atomic E-state index is 0.342. The van der Waals surface area contributed by atoms with Crippen molar-refractivity contribution < 1.29 is 5.11 Å². The highest BCUT2D eigenvalue weighted by molar-refractivity contribution is 8.14. The van der Waals surface area contributed by atoms with Gasteiger partial charge in [-0.2, -0.15) is 5.10 Å². The molecular formula is C15H21N3OS. The molecule has 0 aromatic heterocycles. The summed E-state index contributed by atoms with van der Waals surface area (Å²) >= 11 is 1.53. The zero-order valence-electron chi connectivity index (χ0n) is 12.4. The molecule has 1 heterocycles. The molecule has 0 saturated carbocycles. The highest BCUT2D eigenvalue weighted by Crippen LogP contribution is 2.28. The van der Waals surface area contributed by atoms with Crippen molar-refractivity contribution in [2.45, 2.75) is 33.9 Å². The number of aryl methyl sites for hydroxylation is 2. The fourth-order valence-corrected chi connectivity index (χ4v) is 2.67. The van der Waals surface area contributed by atoms with Crippen LogP contribution in [0.15, 0.2) is 28.3 Å². The van der Waals surface area contributed by atoms with Gasteiger partial charge in [0.1, 0.15) is 0 Å². The van der Waals surface area contributed by atoms with Gasteiger partial charge < -0.3 is 5.11 Å². The summed E-state index contributed by atoms with van der Waals surface area (Å²) in [6.45, 7) is 8.20. The normalized spacial score (nSPS) is 21.6. The van der Waals surface area contributed by atoms with Crippen LogP contribution in [0.2, 0.25) is 0 Å². The highest BCUT2D eigenvalue weighted by atomic mass is 32.2. The number of nitrogens with zero attached hydrogens (tertiary/aromatic N) is 3. The van der Waals surface area contributed by atoms with Gasteiger partial charge in [0.25, 0.3) is 0 Å². The lowest BCUT2D eigenvalue weighted by Crippen LogP contribution is -2.29.